The molecule has 10 heteroatoms. The molecule has 4 rings (SSSR count). The van der Waals surface area contributed by atoms with Crippen molar-refractivity contribution in [3.05, 3.63) is 24.2 Å². The van der Waals surface area contributed by atoms with Crippen LogP contribution in [0.4, 0.5) is 19.0 Å². The minimum absolute atomic E-state index is 0.370. The Balaban J connectivity index is 1.64. The molecule has 1 aliphatic rings. The number of amides is 1. The van der Waals surface area contributed by atoms with E-state index in [-0.39, 0.29) is 6.04 Å². The molecule has 0 aromatic carbocycles. The number of halogens is 3. The maximum Gasteiger partial charge on any atom is 0.397 e. The maximum absolute atomic E-state index is 12.4. The first kappa shape index (κ1) is 18.5. The van der Waals surface area contributed by atoms with E-state index in [4.69, 9.17) is 0 Å². The lowest BCUT2D eigenvalue weighted by molar-refractivity contribution is -0.154. The summed E-state index contributed by atoms with van der Waals surface area (Å²) in [4.78, 5) is 21.1. The van der Waals surface area contributed by atoms with Crippen molar-refractivity contribution in [2.24, 2.45) is 0 Å². The van der Waals surface area contributed by atoms with Gasteiger partial charge in [0, 0.05) is 47.7 Å². The van der Waals surface area contributed by atoms with Gasteiger partial charge in [0.2, 0.25) is 5.91 Å². The monoisotopic (exact) mass is 392 g/mol. The van der Waals surface area contributed by atoms with Crippen LogP contribution in [0.25, 0.3) is 21.8 Å². The predicted octanol–water partition coefficient (Wildman–Crippen LogP) is 2.85. The van der Waals surface area contributed by atoms with Gasteiger partial charge in [-0.3, -0.25) is 4.79 Å². The molecule has 1 aliphatic heterocycles. The van der Waals surface area contributed by atoms with Crippen LogP contribution in [0.5, 0.6) is 0 Å². The van der Waals surface area contributed by atoms with Crippen LogP contribution >= 0.6 is 0 Å². The lowest BCUT2D eigenvalue weighted by atomic mass is 10.0. The Morgan fingerprint density at radius 2 is 2.18 bits per heavy atom. The number of aromatic nitrogens is 4. The lowest BCUT2D eigenvalue weighted by Crippen LogP contribution is -2.48. The van der Waals surface area contributed by atoms with Gasteiger partial charge < -0.3 is 15.2 Å². The van der Waals surface area contributed by atoms with Crippen LogP contribution in [0, 0.1) is 6.92 Å². The molecule has 0 aliphatic carbocycles. The van der Waals surface area contributed by atoms with Crippen molar-refractivity contribution in [1.29, 1.82) is 0 Å². The molecule has 1 saturated heterocycles. The van der Waals surface area contributed by atoms with E-state index in [1.165, 1.54) is 0 Å². The quantitative estimate of drug-likeness (QED) is 0.716. The number of rotatable bonds is 3. The minimum atomic E-state index is -4.51. The molecule has 1 atom stereocenters. The number of nitrogens with one attached hydrogen (secondary N) is 2. The van der Waals surface area contributed by atoms with Gasteiger partial charge in [-0.25, -0.2) is 4.98 Å². The fraction of sp³-hybridized carbons (Fsp3) is 0.444. The number of fused-ring (bicyclic) bond motifs is 3. The molecule has 0 radical (unpaired) electrons. The Hall–Kier alpha value is -2.91. The van der Waals surface area contributed by atoms with Gasteiger partial charge in [0.25, 0.3) is 0 Å². The first-order valence-corrected chi connectivity index (χ1v) is 9.02. The van der Waals surface area contributed by atoms with Gasteiger partial charge in [0.05, 0.1) is 5.69 Å². The second-order valence-electron chi connectivity index (χ2n) is 7.04. The zero-order chi connectivity index (χ0) is 19.9. The summed E-state index contributed by atoms with van der Waals surface area (Å²) >= 11 is 0. The summed E-state index contributed by atoms with van der Waals surface area (Å²) in [5.41, 5.74) is 1.48. The summed E-state index contributed by atoms with van der Waals surface area (Å²) in [7, 11) is 0. The van der Waals surface area contributed by atoms with Crippen molar-refractivity contribution in [2.75, 3.05) is 18.0 Å². The second-order valence-corrected chi connectivity index (χ2v) is 7.04. The van der Waals surface area contributed by atoms with Crippen molar-refractivity contribution in [1.82, 2.24) is 25.5 Å². The summed E-state index contributed by atoms with van der Waals surface area (Å²) in [6.07, 6.45) is -1.08. The topological polar surface area (TPSA) is 86.8 Å². The third-order valence-corrected chi connectivity index (χ3v) is 4.94. The van der Waals surface area contributed by atoms with E-state index in [0.29, 0.717) is 25.3 Å². The molecule has 0 bridgehead atoms. The summed E-state index contributed by atoms with van der Waals surface area (Å²) < 4.78 is 37.3. The fourth-order valence-corrected chi connectivity index (χ4v) is 3.72. The van der Waals surface area contributed by atoms with Gasteiger partial charge >= 0.3 is 6.18 Å². The van der Waals surface area contributed by atoms with Crippen LogP contribution in [-0.4, -0.2) is 51.4 Å². The van der Waals surface area contributed by atoms with Crippen molar-refractivity contribution in [3.63, 3.8) is 0 Å². The van der Waals surface area contributed by atoms with Crippen LogP contribution < -0.4 is 10.2 Å². The number of carbonyl (C=O) groups is 1. The van der Waals surface area contributed by atoms with Gasteiger partial charge in [0.1, 0.15) is 12.1 Å². The number of piperidine rings is 1. The Morgan fingerprint density at radius 3 is 2.96 bits per heavy atom. The summed E-state index contributed by atoms with van der Waals surface area (Å²) in [5, 5.41) is 13.8. The Kier molecular flexibility index (Phi) is 4.56. The lowest BCUT2D eigenvalue weighted by Gasteiger charge is -2.34. The molecular weight excluding hydrogens is 373 g/mol. The molecule has 0 saturated carbocycles. The molecule has 148 valence electrons. The molecule has 1 unspecified atom stereocenters. The SMILES string of the molecule is Cc1nnc(N2CCCC(NC(=O)CC(F)(F)F)C2)c2c1cnc1[nH]ccc12. The molecule has 1 fully saturated rings. The maximum atomic E-state index is 12.4. The van der Waals surface area contributed by atoms with Crippen LogP contribution in [-0.2, 0) is 4.79 Å². The number of H-pyrrole nitrogens is 1. The third kappa shape index (κ3) is 3.58. The van der Waals surface area contributed by atoms with Gasteiger partial charge in [0.15, 0.2) is 5.82 Å². The standard InChI is InChI=1S/C18H19F3N6O/c1-10-13-8-23-16-12(4-5-22-16)15(13)17(26-25-10)27-6-2-3-11(9-27)24-14(28)7-18(19,20)21/h4-5,8,11H,2-3,6-7,9H2,1H3,(H,22,23)(H,24,28). The average molecular weight is 392 g/mol. The molecule has 7 nitrogen and oxygen atoms in total. The van der Waals surface area contributed by atoms with E-state index in [1.807, 2.05) is 17.9 Å². The van der Waals surface area contributed by atoms with Crippen LogP contribution in [0.1, 0.15) is 25.0 Å². The zero-order valence-electron chi connectivity index (χ0n) is 15.2. The number of anilines is 1. The molecule has 4 heterocycles. The molecular formula is C18H19F3N6O. The van der Waals surface area contributed by atoms with E-state index >= 15 is 0 Å². The Morgan fingerprint density at radius 1 is 1.36 bits per heavy atom. The molecule has 1 amide bonds. The van der Waals surface area contributed by atoms with Crippen molar-refractivity contribution in [2.45, 2.75) is 38.4 Å². The highest BCUT2D eigenvalue weighted by Crippen LogP contribution is 2.32. The normalized spacial score (nSPS) is 18.0. The number of hydrogen-bond acceptors (Lipinski definition) is 5. The average Bonchev–Trinajstić information content (AvgIpc) is 3.09. The highest BCUT2D eigenvalue weighted by Gasteiger charge is 2.33. The van der Waals surface area contributed by atoms with Gasteiger partial charge in [-0.2, -0.15) is 18.3 Å². The number of alkyl halides is 3. The summed E-state index contributed by atoms with van der Waals surface area (Å²) in [6, 6.07) is 1.55. The molecule has 28 heavy (non-hydrogen) atoms. The second kappa shape index (κ2) is 6.92. The number of aryl methyl sites for hydroxylation is 1. The van der Waals surface area contributed by atoms with Crippen LogP contribution in [0.2, 0.25) is 0 Å². The fourth-order valence-electron chi connectivity index (χ4n) is 3.72. The minimum Gasteiger partial charge on any atom is -0.353 e. The molecule has 2 N–H and O–H groups in total. The number of carbonyl (C=O) groups excluding carboxylic acids is 1. The Labute approximate surface area is 158 Å². The van der Waals surface area contributed by atoms with E-state index in [1.54, 1.807) is 12.4 Å². The first-order valence-electron chi connectivity index (χ1n) is 9.02. The van der Waals surface area contributed by atoms with Crippen molar-refractivity contribution >= 4 is 33.5 Å². The largest absolute Gasteiger partial charge is 0.397 e. The summed E-state index contributed by atoms with van der Waals surface area (Å²) in [6.45, 7) is 2.92. The highest BCUT2D eigenvalue weighted by atomic mass is 19.4. The first-order chi connectivity index (χ1) is 13.3. The number of pyridine rings is 1. The van der Waals surface area contributed by atoms with Crippen LogP contribution in [0.15, 0.2) is 18.5 Å². The van der Waals surface area contributed by atoms with Gasteiger partial charge in [-0.15, -0.1) is 5.10 Å². The van der Waals surface area contributed by atoms with Crippen molar-refractivity contribution in [3.8, 4) is 0 Å². The Bertz CT molecular complexity index is 1030. The van der Waals surface area contributed by atoms with E-state index < -0.39 is 18.5 Å². The number of aromatic amines is 1. The molecule has 0 spiro atoms. The zero-order valence-corrected chi connectivity index (χ0v) is 15.2. The third-order valence-electron chi connectivity index (χ3n) is 4.94. The summed E-state index contributed by atoms with van der Waals surface area (Å²) in [5.74, 6) is -0.348. The van der Waals surface area contributed by atoms with Gasteiger partial charge in [-0.1, -0.05) is 0 Å². The van der Waals surface area contributed by atoms with Gasteiger partial charge in [-0.05, 0) is 25.8 Å². The smallest absolute Gasteiger partial charge is 0.353 e. The highest BCUT2D eigenvalue weighted by molar-refractivity contribution is 6.10. The predicted molar refractivity (Wildman–Crippen MR) is 98.0 cm³/mol. The van der Waals surface area contributed by atoms with Crippen LogP contribution in [0.3, 0.4) is 0 Å². The van der Waals surface area contributed by atoms with E-state index in [2.05, 4.69) is 25.5 Å². The molecule has 3 aromatic rings. The van der Waals surface area contributed by atoms with E-state index in [0.717, 1.165) is 33.9 Å². The number of nitrogens with zero attached hydrogens (tertiary/aromatic N) is 4. The van der Waals surface area contributed by atoms with E-state index in [9.17, 15) is 18.0 Å². The van der Waals surface area contributed by atoms with Crippen molar-refractivity contribution < 1.29 is 18.0 Å². The molecule has 3 aromatic heterocycles. The number of hydrogen-bond donors (Lipinski definition) is 2.